The molecular weight excluding hydrogens is 889 g/mol. The van der Waals surface area contributed by atoms with Gasteiger partial charge in [-0.25, -0.2) is 0 Å². The smallest absolute Gasteiger partial charge is 0.137 e. The molecule has 16 rings (SSSR count). The van der Waals surface area contributed by atoms with Crippen LogP contribution in [0, 0.1) is 0 Å². The summed E-state index contributed by atoms with van der Waals surface area (Å²) in [5.41, 5.74) is 24.2. The second-order valence-corrected chi connectivity index (χ2v) is 21.6. The van der Waals surface area contributed by atoms with Crippen LogP contribution in [-0.4, -0.2) is 0 Å². The highest BCUT2D eigenvalue weighted by atomic mass is 16.3. The summed E-state index contributed by atoms with van der Waals surface area (Å²) in [6.45, 7) is 9.47. The number of anilines is 6. The van der Waals surface area contributed by atoms with Crippen molar-refractivity contribution in [3.63, 3.8) is 0 Å². The van der Waals surface area contributed by atoms with Crippen molar-refractivity contribution in [2.45, 2.75) is 43.9 Å². The average molecular weight is 937 g/mol. The summed E-state index contributed by atoms with van der Waals surface area (Å²) in [5, 5.41) is 4.56. The van der Waals surface area contributed by atoms with E-state index in [1.54, 1.807) is 0 Å². The molecule has 0 fully saturated rings. The molecule has 10 aromatic carbocycles. The zero-order chi connectivity index (χ0) is 48.5. The lowest BCUT2D eigenvalue weighted by atomic mass is 9.65. The first-order valence-corrected chi connectivity index (χ1v) is 25.6. The number of nitrogens with zero attached hydrogens (tertiary/aromatic N) is 2. The predicted octanol–water partition coefficient (Wildman–Crippen LogP) is 18.6. The first kappa shape index (κ1) is 40.8. The summed E-state index contributed by atoms with van der Waals surface area (Å²) in [7, 11) is 0. The minimum atomic E-state index is -0.701. The number of hydrogen-bond acceptors (Lipinski definition) is 4. The van der Waals surface area contributed by atoms with Crippen molar-refractivity contribution < 1.29 is 8.83 Å². The Bertz CT molecular complexity index is 4140. The maximum Gasteiger partial charge on any atom is 0.137 e. The largest absolute Gasteiger partial charge is 0.456 e. The molecule has 12 aromatic rings. The Kier molecular flexibility index (Phi) is 7.93. The van der Waals surface area contributed by atoms with Gasteiger partial charge >= 0.3 is 0 Å². The van der Waals surface area contributed by atoms with Gasteiger partial charge in [0, 0.05) is 55.9 Å². The third-order valence-corrected chi connectivity index (χ3v) is 17.2. The van der Waals surface area contributed by atoms with E-state index >= 15 is 0 Å². The Morgan fingerprint density at radius 1 is 0.301 bits per heavy atom. The average Bonchev–Trinajstić information content (AvgIpc) is 4.05. The van der Waals surface area contributed by atoms with E-state index in [4.69, 9.17) is 8.83 Å². The molecule has 0 amide bonds. The summed E-state index contributed by atoms with van der Waals surface area (Å²) in [6.07, 6.45) is 4.70. The SMILES string of the molecule is CC1(C)c2ccccc2N(c2ccc3c(c2)C2(c4cc(N5c6ccccc6C(C)(C)c6cc7c(cc65)oc5ccccc57)ccc4C=C3)c3ccccc3-c3ccccc32)c2cc3oc4ccccc4c3cc21. The summed E-state index contributed by atoms with van der Waals surface area (Å²) in [4.78, 5) is 4.99. The van der Waals surface area contributed by atoms with Gasteiger partial charge in [0.1, 0.15) is 22.3 Å². The third-order valence-electron chi connectivity index (χ3n) is 17.2. The lowest BCUT2D eigenvalue weighted by Gasteiger charge is -2.43. The minimum Gasteiger partial charge on any atom is -0.456 e. The van der Waals surface area contributed by atoms with Gasteiger partial charge in [-0.15, -0.1) is 0 Å². The summed E-state index contributed by atoms with van der Waals surface area (Å²) in [6, 6.07) is 76.8. The molecule has 0 bridgehead atoms. The molecule has 0 radical (unpaired) electrons. The molecule has 4 heteroatoms. The predicted molar refractivity (Wildman–Crippen MR) is 301 cm³/mol. The van der Waals surface area contributed by atoms with Crippen LogP contribution in [0.5, 0.6) is 0 Å². The van der Waals surface area contributed by atoms with E-state index in [9.17, 15) is 0 Å². The fraction of sp³-hybridized carbons (Fsp3) is 0.101. The second kappa shape index (κ2) is 14.2. The van der Waals surface area contributed by atoms with E-state index in [0.717, 1.165) is 66.6 Å². The Balaban J connectivity index is 0.971. The van der Waals surface area contributed by atoms with Crippen LogP contribution in [-0.2, 0) is 16.2 Å². The molecule has 4 nitrogen and oxygen atoms in total. The van der Waals surface area contributed by atoms with Gasteiger partial charge in [0.2, 0.25) is 0 Å². The van der Waals surface area contributed by atoms with Crippen molar-refractivity contribution in [3.8, 4) is 11.1 Å². The molecular formula is C69H48N2O2. The molecule has 346 valence electrons. The number of fused-ring (bicyclic) bond motifs is 19. The molecule has 0 unspecified atom stereocenters. The molecule has 0 saturated heterocycles. The zero-order valence-electron chi connectivity index (χ0n) is 41.0. The van der Waals surface area contributed by atoms with Gasteiger partial charge in [0.25, 0.3) is 0 Å². The summed E-state index contributed by atoms with van der Waals surface area (Å²) in [5.74, 6) is 0. The van der Waals surface area contributed by atoms with Gasteiger partial charge < -0.3 is 18.6 Å². The summed E-state index contributed by atoms with van der Waals surface area (Å²) >= 11 is 0. The highest BCUT2D eigenvalue weighted by Crippen LogP contribution is 2.62. The number of furan rings is 2. The lowest BCUT2D eigenvalue weighted by Crippen LogP contribution is -2.33. The van der Waals surface area contributed by atoms with Crippen LogP contribution in [0.25, 0.3) is 67.2 Å². The van der Waals surface area contributed by atoms with Crippen LogP contribution in [0.2, 0.25) is 0 Å². The molecule has 0 N–H and O–H groups in total. The number of rotatable bonds is 2. The van der Waals surface area contributed by atoms with Crippen molar-refractivity contribution in [1.82, 2.24) is 0 Å². The van der Waals surface area contributed by atoms with Gasteiger partial charge in [-0.2, -0.15) is 0 Å². The van der Waals surface area contributed by atoms with E-state index < -0.39 is 5.41 Å². The van der Waals surface area contributed by atoms with Crippen molar-refractivity contribution in [2.24, 2.45) is 0 Å². The molecule has 2 aliphatic heterocycles. The van der Waals surface area contributed by atoms with Crippen LogP contribution >= 0.6 is 0 Å². The van der Waals surface area contributed by atoms with Gasteiger partial charge in [-0.05, 0) is 127 Å². The monoisotopic (exact) mass is 936 g/mol. The van der Waals surface area contributed by atoms with Crippen LogP contribution in [0.15, 0.2) is 215 Å². The quantitative estimate of drug-likeness (QED) is 0.173. The van der Waals surface area contributed by atoms with Crippen molar-refractivity contribution in [2.75, 3.05) is 9.80 Å². The van der Waals surface area contributed by atoms with E-state index in [2.05, 4.69) is 256 Å². The van der Waals surface area contributed by atoms with Gasteiger partial charge in [0.15, 0.2) is 0 Å². The van der Waals surface area contributed by atoms with Crippen LogP contribution < -0.4 is 9.80 Å². The van der Waals surface area contributed by atoms with E-state index in [1.165, 1.54) is 78.1 Å². The van der Waals surface area contributed by atoms with E-state index in [0.29, 0.717) is 0 Å². The van der Waals surface area contributed by atoms with Crippen LogP contribution in [0.1, 0.15) is 83.3 Å². The first-order chi connectivity index (χ1) is 35.7. The second-order valence-electron chi connectivity index (χ2n) is 21.6. The summed E-state index contributed by atoms with van der Waals surface area (Å²) < 4.78 is 13.3. The highest BCUT2D eigenvalue weighted by molar-refractivity contribution is 6.09. The van der Waals surface area contributed by atoms with Crippen LogP contribution in [0.3, 0.4) is 0 Å². The Hall–Kier alpha value is -8.86. The Morgan fingerprint density at radius 3 is 1.16 bits per heavy atom. The maximum absolute atomic E-state index is 6.67. The van der Waals surface area contributed by atoms with Gasteiger partial charge in [-0.1, -0.05) is 173 Å². The molecule has 4 aliphatic rings. The first-order valence-electron chi connectivity index (χ1n) is 25.6. The third kappa shape index (κ3) is 5.24. The molecule has 1 spiro atoms. The topological polar surface area (TPSA) is 32.8 Å². The fourth-order valence-electron chi connectivity index (χ4n) is 13.8. The zero-order valence-corrected chi connectivity index (χ0v) is 41.0. The molecule has 2 aromatic heterocycles. The van der Waals surface area contributed by atoms with Gasteiger partial charge in [-0.3, -0.25) is 0 Å². The van der Waals surface area contributed by atoms with Gasteiger partial charge in [0.05, 0.1) is 28.2 Å². The van der Waals surface area contributed by atoms with E-state index in [1.807, 2.05) is 0 Å². The van der Waals surface area contributed by atoms with Crippen LogP contribution in [0.4, 0.5) is 34.1 Å². The van der Waals surface area contributed by atoms with Crippen molar-refractivity contribution >= 4 is 90.2 Å². The molecule has 0 atom stereocenters. The minimum absolute atomic E-state index is 0.277. The maximum atomic E-state index is 6.67. The molecule has 73 heavy (non-hydrogen) atoms. The normalized spacial score (nSPS) is 15.9. The van der Waals surface area contributed by atoms with Crippen molar-refractivity contribution in [1.29, 1.82) is 0 Å². The molecule has 4 heterocycles. The standard InChI is InChI=1S/C69H48N2O2/c1-67(2)53-23-11-13-25-59(53)70(61-39-65-49(37-57(61)67)47-19-7-15-27-63(47)72-65)43-33-31-41-29-30-42-32-34-44(36-56(42)69(55(41)35-43)51-21-9-5-17-45(51)46-18-6-10-22-52(46)69)71-60-26-14-12-24-54(60)68(3,4)58-38-50-48-20-8-16-28-64(48)73-66(50)40-62(58)71/h5-40H,1-4H3. The lowest BCUT2D eigenvalue weighted by molar-refractivity contribution is 0.630. The highest BCUT2D eigenvalue weighted by Gasteiger charge is 2.50. The Morgan fingerprint density at radius 2 is 0.699 bits per heavy atom. The molecule has 2 aliphatic carbocycles. The van der Waals surface area contributed by atoms with E-state index in [-0.39, 0.29) is 10.8 Å². The number of para-hydroxylation sites is 4. The number of benzene rings is 10. The van der Waals surface area contributed by atoms with Crippen molar-refractivity contribution in [3.05, 3.63) is 262 Å². The fourth-order valence-corrected chi connectivity index (χ4v) is 13.8. The Labute approximate surface area is 423 Å². The number of hydrogen-bond donors (Lipinski definition) is 0. The molecule has 0 saturated carbocycles.